The minimum absolute atomic E-state index is 0.00818. The normalized spacial score (nSPS) is 16.2. The summed E-state index contributed by atoms with van der Waals surface area (Å²) in [6.45, 7) is 9.58. The van der Waals surface area contributed by atoms with E-state index in [9.17, 15) is 9.59 Å². The molecular formula is C17H26N4O2. The third-order valence-electron chi connectivity index (χ3n) is 3.96. The molecule has 1 aromatic heterocycles. The van der Waals surface area contributed by atoms with Gasteiger partial charge < -0.3 is 10.2 Å². The van der Waals surface area contributed by atoms with Gasteiger partial charge in [0.25, 0.3) is 0 Å². The highest BCUT2D eigenvalue weighted by Crippen LogP contribution is 2.12. The molecular weight excluding hydrogens is 292 g/mol. The number of carbonyl (C=O) groups excluding carboxylic acids is 2. The molecule has 0 aromatic carbocycles. The maximum Gasteiger partial charge on any atom is 0.242 e. The monoisotopic (exact) mass is 318 g/mol. The van der Waals surface area contributed by atoms with Crippen molar-refractivity contribution < 1.29 is 9.59 Å². The van der Waals surface area contributed by atoms with Crippen molar-refractivity contribution in [2.45, 2.75) is 27.3 Å². The van der Waals surface area contributed by atoms with Gasteiger partial charge in [-0.1, -0.05) is 20.8 Å². The molecule has 6 heteroatoms. The number of pyridine rings is 1. The lowest BCUT2D eigenvalue weighted by molar-refractivity contribution is -0.136. The summed E-state index contributed by atoms with van der Waals surface area (Å²) in [5.74, 6) is -0.103. The van der Waals surface area contributed by atoms with Crippen molar-refractivity contribution in [1.82, 2.24) is 20.1 Å². The van der Waals surface area contributed by atoms with Gasteiger partial charge in [0, 0.05) is 50.5 Å². The molecule has 23 heavy (non-hydrogen) atoms. The molecule has 0 unspecified atom stereocenters. The Bertz CT molecular complexity index is 531. The predicted molar refractivity (Wildman–Crippen MR) is 88.6 cm³/mol. The summed E-state index contributed by atoms with van der Waals surface area (Å²) in [5.41, 5.74) is 0.765. The summed E-state index contributed by atoms with van der Waals surface area (Å²) in [6, 6.07) is 4.03. The lowest BCUT2D eigenvalue weighted by Crippen LogP contribution is -2.51. The lowest BCUT2D eigenvalue weighted by atomic mass is 9.96. The van der Waals surface area contributed by atoms with Crippen LogP contribution in [-0.4, -0.2) is 59.3 Å². The van der Waals surface area contributed by atoms with Gasteiger partial charge in [-0.05, 0) is 17.7 Å². The smallest absolute Gasteiger partial charge is 0.242 e. The van der Waals surface area contributed by atoms with Crippen molar-refractivity contribution in [2.24, 2.45) is 5.41 Å². The molecule has 2 heterocycles. The fraction of sp³-hybridized carbons (Fsp3) is 0.588. The molecule has 1 aliphatic rings. The zero-order chi connectivity index (χ0) is 16.9. The molecule has 1 aliphatic heterocycles. The van der Waals surface area contributed by atoms with Crippen molar-refractivity contribution in [3.63, 3.8) is 0 Å². The second kappa shape index (κ2) is 7.55. The van der Waals surface area contributed by atoms with Crippen LogP contribution in [0.5, 0.6) is 0 Å². The van der Waals surface area contributed by atoms with Crippen LogP contribution in [0.1, 0.15) is 26.3 Å². The number of aromatic nitrogens is 1. The average molecular weight is 318 g/mol. The maximum atomic E-state index is 12.2. The Kier molecular flexibility index (Phi) is 5.71. The van der Waals surface area contributed by atoms with Crippen LogP contribution in [0, 0.1) is 5.41 Å². The molecule has 0 radical (unpaired) electrons. The molecule has 0 saturated carbocycles. The standard InChI is InChI=1S/C17H26N4O2/c1-17(2,3)16(23)19-12-15(22)21-10-8-20(9-11-21)13-14-4-6-18-7-5-14/h4-7H,8-13H2,1-3H3,(H,19,23). The zero-order valence-electron chi connectivity index (χ0n) is 14.2. The van der Waals surface area contributed by atoms with Crippen molar-refractivity contribution in [3.8, 4) is 0 Å². The van der Waals surface area contributed by atoms with Gasteiger partial charge >= 0.3 is 0 Å². The third-order valence-corrected chi connectivity index (χ3v) is 3.96. The van der Waals surface area contributed by atoms with E-state index >= 15 is 0 Å². The summed E-state index contributed by atoms with van der Waals surface area (Å²) in [6.07, 6.45) is 3.60. The van der Waals surface area contributed by atoms with E-state index in [1.165, 1.54) is 5.56 Å². The second-order valence-corrected chi connectivity index (χ2v) is 6.95. The van der Waals surface area contributed by atoms with E-state index in [4.69, 9.17) is 0 Å². The highest BCUT2D eigenvalue weighted by atomic mass is 16.2. The molecule has 126 valence electrons. The Morgan fingerprint density at radius 1 is 1.13 bits per heavy atom. The molecule has 0 spiro atoms. The fourth-order valence-electron chi connectivity index (χ4n) is 2.43. The minimum atomic E-state index is -0.469. The summed E-state index contributed by atoms with van der Waals surface area (Å²) in [5, 5.41) is 2.72. The van der Waals surface area contributed by atoms with E-state index in [1.54, 1.807) is 12.4 Å². The Morgan fingerprint density at radius 2 is 1.74 bits per heavy atom. The Morgan fingerprint density at radius 3 is 2.30 bits per heavy atom. The van der Waals surface area contributed by atoms with Crippen molar-refractivity contribution in [1.29, 1.82) is 0 Å². The molecule has 0 aliphatic carbocycles. The molecule has 6 nitrogen and oxygen atoms in total. The van der Waals surface area contributed by atoms with Crippen LogP contribution in [0.2, 0.25) is 0 Å². The van der Waals surface area contributed by atoms with Crippen LogP contribution in [0.15, 0.2) is 24.5 Å². The molecule has 1 saturated heterocycles. The third kappa shape index (κ3) is 5.32. The van der Waals surface area contributed by atoms with Crippen molar-refractivity contribution in [2.75, 3.05) is 32.7 Å². The van der Waals surface area contributed by atoms with Gasteiger partial charge in [-0.25, -0.2) is 0 Å². The van der Waals surface area contributed by atoms with Crippen LogP contribution in [0.3, 0.4) is 0 Å². The van der Waals surface area contributed by atoms with Gasteiger partial charge in [-0.3, -0.25) is 19.5 Å². The number of rotatable bonds is 4. The first-order valence-electron chi connectivity index (χ1n) is 8.03. The number of carbonyl (C=O) groups is 2. The molecule has 2 amide bonds. The summed E-state index contributed by atoms with van der Waals surface area (Å²) in [7, 11) is 0. The Labute approximate surface area is 137 Å². The van der Waals surface area contributed by atoms with Gasteiger partial charge in [0.05, 0.1) is 6.54 Å². The molecule has 1 fully saturated rings. The average Bonchev–Trinajstić information content (AvgIpc) is 2.53. The number of piperazine rings is 1. The summed E-state index contributed by atoms with van der Waals surface area (Å²) < 4.78 is 0. The molecule has 0 bridgehead atoms. The highest BCUT2D eigenvalue weighted by molar-refractivity contribution is 5.87. The van der Waals surface area contributed by atoms with Gasteiger partial charge in [0.15, 0.2) is 0 Å². The summed E-state index contributed by atoms with van der Waals surface area (Å²) in [4.78, 5) is 32.2. The molecule has 1 N–H and O–H groups in total. The number of hydrogen-bond acceptors (Lipinski definition) is 4. The maximum absolute atomic E-state index is 12.2. The quantitative estimate of drug-likeness (QED) is 0.895. The van der Waals surface area contributed by atoms with Crippen LogP contribution < -0.4 is 5.32 Å². The summed E-state index contributed by atoms with van der Waals surface area (Å²) >= 11 is 0. The molecule has 1 aromatic rings. The van der Waals surface area contributed by atoms with E-state index < -0.39 is 5.41 Å². The Hall–Kier alpha value is -1.95. The van der Waals surface area contributed by atoms with Crippen molar-refractivity contribution >= 4 is 11.8 Å². The zero-order valence-corrected chi connectivity index (χ0v) is 14.2. The van der Waals surface area contributed by atoms with E-state index in [1.807, 2.05) is 37.8 Å². The van der Waals surface area contributed by atoms with Gasteiger partial charge in [-0.2, -0.15) is 0 Å². The van der Waals surface area contributed by atoms with Crippen LogP contribution in [0.4, 0.5) is 0 Å². The van der Waals surface area contributed by atoms with E-state index in [2.05, 4.69) is 15.2 Å². The van der Waals surface area contributed by atoms with Crippen LogP contribution in [-0.2, 0) is 16.1 Å². The van der Waals surface area contributed by atoms with E-state index in [0.717, 1.165) is 19.6 Å². The number of hydrogen-bond donors (Lipinski definition) is 1. The highest BCUT2D eigenvalue weighted by Gasteiger charge is 2.24. The second-order valence-electron chi connectivity index (χ2n) is 6.95. The number of nitrogens with one attached hydrogen (secondary N) is 1. The van der Waals surface area contributed by atoms with Gasteiger partial charge in [-0.15, -0.1) is 0 Å². The van der Waals surface area contributed by atoms with Gasteiger partial charge in [0.1, 0.15) is 0 Å². The topological polar surface area (TPSA) is 65.5 Å². The van der Waals surface area contributed by atoms with Crippen LogP contribution >= 0.6 is 0 Å². The van der Waals surface area contributed by atoms with Crippen LogP contribution in [0.25, 0.3) is 0 Å². The number of nitrogens with zero attached hydrogens (tertiary/aromatic N) is 3. The first-order chi connectivity index (χ1) is 10.9. The predicted octanol–water partition coefficient (Wildman–Crippen LogP) is 0.888. The van der Waals surface area contributed by atoms with Crippen molar-refractivity contribution in [3.05, 3.63) is 30.1 Å². The molecule has 0 atom stereocenters. The lowest BCUT2D eigenvalue weighted by Gasteiger charge is -2.35. The van der Waals surface area contributed by atoms with Gasteiger partial charge in [0.2, 0.25) is 11.8 Å². The first-order valence-corrected chi connectivity index (χ1v) is 8.03. The minimum Gasteiger partial charge on any atom is -0.347 e. The number of amides is 2. The Balaban J connectivity index is 1.73. The van der Waals surface area contributed by atoms with E-state index in [0.29, 0.717) is 13.1 Å². The SMILES string of the molecule is CC(C)(C)C(=O)NCC(=O)N1CCN(Cc2ccncc2)CC1. The molecule has 2 rings (SSSR count). The largest absolute Gasteiger partial charge is 0.347 e. The fourth-order valence-corrected chi connectivity index (χ4v) is 2.43. The first kappa shape index (κ1) is 17.4. The van der Waals surface area contributed by atoms with E-state index in [-0.39, 0.29) is 18.4 Å².